The van der Waals surface area contributed by atoms with Gasteiger partial charge in [-0.05, 0) is 96.1 Å². The highest BCUT2D eigenvalue weighted by Gasteiger charge is 2.30. The molecule has 2 heterocycles. The van der Waals surface area contributed by atoms with Gasteiger partial charge in [-0.2, -0.15) is 0 Å². The van der Waals surface area contributed by atoms with Gasteiger partial charge in [0.15, 0.2) is 6.10 Å². The number of amides is 1. The lowest BCUT2D eigenvalue weighted by Gasteiger charge is -2.29. The summed E-state index contributed by atoms with van der Waals surface area (Å²) < 4.78 is 15.4. The number of isocyanates is 1. The fourth-order valence-electron chi connectivity index (χ4n) is 6.83. The van der Waals surface area contributed by atoms with Crippen LogP contribution in [0.4, 0.5) is 4.79 Å². The Bertz CT molecular complexity index is 1490. The molecule has 0 spiro atoms. The molecule has 3 saturated carbocycles. The van der Waals surface area contributed by atoms with Crippen LogP contribution in [0, 0.1) is 17.8 Å². The Kier molecular flexibility index (Phi) is 24.2. The molecule has 3 fully saturated rings. The maximum atomic E-state index is 12.3. The largest absolute Gasteiger partial charge is 0.461 e. The number of aliphatic hydroxyl groups excluding tert-OH is 1. The number of nitrogens with one attached hydrogen (secondary N) is 1. The number of aromatic nitrogens is 4. The first-order valence-electron chi connectivity index (χ1n) is 21.1. The molecule has 15 heteroatoms. The van der Waals surface area contributed by atoms with Gasteiger partial charge in [0.2, 0.25) is 12.2 Å². The minimum absolute atomic E-state index is 0.0758. The summed E-state index contributed by atoms with van der Waals surface area (Å²) in [5, 5.41) is 12.3. The van der Waals surface area contributed by atoms with E-state index in [1.807, 2.05) is 0 Å². The highest BCUT2D eigenvalue weighted by atomic mass is 16.6. The van der Waals surface area contributed by atoms with Crippen molar-refractivity contribution in [1.82, 2.24) is 25.3 Å². The number of rotatable bonds is 11. The number of hydrogen-bond donors (Lipinski definition) is 3. The molecule has 0 bridgehead atoms. The van der Waals surface area contributed by atoms with E-state index < -0.39 is 30.2 Å². The van der Waals surface area contributed by atoms with E-state index in [9.17, 15) is 24.3 Å². The number of carbonyl (C=O) groups is 3. The Morgan fingerprint density at radius 3 is 1.69 bits per heavy atom. The zero-order valence-electron chi connectivity index (χ0n) is 35.8. The molecule has 8 atom stereocenters. The molecule has 3 aliphatic rings. The lowest BCUT2D eigenvalue weighted by atomic mass is 9.86. The van der Waals surface area contributed by atoms with E-state index in [0.29, 0.717) is 29.5 Å². The van der Waals surface area contributed by atoms with Crippen LogP contribution in [0.1, 0.15) is 137 Å². The van der Waals surface area contributed by atoms with Gasteiger partial charge in [-0.15, -0.1) is 0 Å². The van der Waals surface area contributed by atoms with Gasteiger partial charge in [0, 0.05) is 43.3 Å². The van der Waals surface area contributed by atoms with E-state index in [1.54, 1.807) is 70.7 Å². The van der Waals surface area contributed by atoms with Gasteiger partial charge in [0.1, 0.15) is 11.6 Å². The molecule has 2 unspecified atom stereocenters. The molecule has 15 nitrogen and oxygen atoms in total. The SMILES string of the molecule is CC(C)OC(=O)C(Cc1ncccn1)OC(=O)N[C@@H]1CCCC[C@H]1C.CC(C)OC(=O)C(O)Cc1ncccn1.C[C@@H]1CCCC[C@H]1N.C[C@@H]1CCCC[C@H]1N=C=O. The van der Waals surface area contributed by atoms with E-state index >= 15 is 0 Å². The van der Waals surface area contributed by atoms with E-state index in [-0.39, 0.29) is 37.1 Å². The molecule has 1 amide bonds. The topological polar surface area (TPSA) is 218 Å². The van der Waals surface area contributed by atoms with Crippen LogP contribution in [0.15, 0.2) is 41.9 Å². The van der Waals surface area contributed by atoms with E-state index in [4.69, 9.17) is 19.9 Å². The highest BCUT2D eigenvalue weighted by molar-refractivity contribution is 5.79. The molecule has 4 N–H and O–H groups in total. The summed E-state index contributed by atoms with van der Waals surface area (Å²) in [7, 11) is 0. The normalized spacial score (nSPS) is 23.6. The smallest absolute Gasteiger partial charge is 0.408 e. The second kappa shape index (κ2) is 28.2. The average molecular weight is 812 g/mol. The van der Waals surface area contributed by atoms with Crippen LogP contribution < -0.4 is 11.1 Å². The lowest BCUT2D eigenvalue weighted by Crippen LogP contribution is -2.44. The summed E-state index contributed by atoms with van der Waals surface area (Å²) >= 11 is 0. The number of alkyl carbamates (subject to hydrolysis) is 1. The van der Waals surface area contributed by atoms with Crippen molar-refractivity contribution in [3.63, 3.8) is 0 Å². The Labute approximate surface area is 345 Å². The minimum atomic E-state index is -1.20. The van der Waals surface area contributed by atoms with Gasteiger partial charge >= 0.3 is 18.0 Å². The Morgan fingerprint density at radius 1 is 0.724 bits per heavy atom. The zero-order valence-corrected chi connectivity index (χ0v) is 35.8. The fraction of sp³-hybridized carbons (Fsp3) is 0.721. The van der Waals surface area contributed by atoms with Gasteiger partial charge in [-0.1, -0.05) is 59.3 Å². The summed E-state index contributed by atoms with van der Waals surface area (Å²) in [6.07, 6.45) is 19.1. The van der Waals surface area contributed by atoms with Crippen molar-refractivity contribution < 1.29 is 38.5 Å². The molecule has 2 aromatic heterocycles. The molecular formula is C43H69N7O8. The average Bonchev–Trinajstić information content (AvgIpc) is 3.19. The second-order valence-corrected chi connectivity index (χ2v) is 16.1. The van der Waals surface area contributed by atoms with E-state index in [2.05, 4.69) is 51.0 Å². The van der Waals surface area contributed by atoms with Crippen molar-refractivity contribution in [2.45, 2.75) is 181 Å². The zero-order chi connectivity index (χ0) is 42.9. The number of nitrogens with two attached hydrogens (primary N) is 1. The molecule has 0 aliphatic heterocycles. The summed E-state index contributed by atoms with van der Waals surface area (Å²) in [4.78, 5) is 65.4. The van der Waals surface area contributed by atoms with Gasteiger partial charge in [0.05, 0.1) is 24.7 Å². The van der Waals surface area contributed by atoms with Crippen LogP contribution in [-0.4, -0.2) is 91.7 Å². The van der Waals surface area contributed by atoms with Crippen molar-refractivity contribution in [3.05, 3.63) is 48.6 Å². The monoisotopic (exact) mass is 812 g/mol. The van der Waals surface area contributed by atoms with Crippen LogP contribution in [0.25, 0.3) is 0 Å². The molecule has 58 heavy (non-hydrogen) atoms. The molecule has 3 aliphatic carbocycles. The van der Waals surface area contributed by atoms with Crippen molar-refractivity contribution in [2.24, 2.45) is 28.5 Å². The Balaban J connectivity index is 0.000000296. The maximum absolute atomic E-state index is 12.3. The number of hydrogen-bond acceptors (Lipinski definition) is 14. The van der Waals surface area contributed by atoms with Crippen molar-refractivity contribution >= 4 is 24.1 Å². The number of aliphatic imine (C=N–C) groups is 1. The molecule has 0 aromatic carbocycles. The number of nitrogens with zero attached hydrogens (tertiary/aromatic N) is 5. The highest BCUT2D eigenvalue weighted by Crippen LogP contribution is 2.26. The third kappa shape index (κ3) is 20.9. The predicted octanol–water partition coefficient (Wildman–Crippen LogP) is 6.40. The van der Waals surface area contributed by atoms with Crippen molar-refractivity contribution in [2.75, 3.05) is 0 Å². The quantitative estimate of drug-likeness (QED) is 0.0970. The lowest BCUT2D eigenvalue weighted by molar-refractivity contribution is -0.158. The maximum Gasteiger partial charge on any atom is 0.408 e. The summed E-state index contributed by atoms with van der Waals surface area (Å²) in [6, 6.07) is 4.21. The first-order valence-corrected chi connectivity index (χ1v) is 21.1. The van der Waals surface area contributed by atoms with Gasteiger partial charge in [-0.3, -0.25) is 0 Å². The van der Waals surface area contributed by atoms with Gasteiger partial charge < -0.3 is 30.4 Å². The predicted molar refractivity (Wildman–Crippen MR) is 220 cm³/mol. The van der Waals surface area contributed by atoms with Crippen LogP contribution in [-0.2, 0) is 41.4 Å². The third-order valence-electron chi connectivity index (χ3n) is 10.3. The second-order valence-electron chi connectivity index (χ2n) is 16.1. The molecule has 5 rings (SSSR count). The molecular weight excluding hydrogens is 743 g/mol. The number of carbonyl (C=O) groups excluding carboxylic acids is 4. The summed E-state index contributed by atoms with van der Waals surface area (Å²) in [6.45, 7) is 13.5. The molecule has 324 valence electrons. The number of esters is 2. The number of ether oxygens (including phenoxy) is 3. The molecule has 0 radical (unpaired) electrons. The van der Waals surface area contributed by atoms with Gasteiger partial charge in [-0.25, -0.2) is 44.1 Å². The molecule has 2 aromatic rings. The van der Waals surface area contributed by atoms with Crippen LogP contribution >= 0.6 is 0 Å². The van der Waals surface area contributed by atoms with Crippen molar-refractivity contribution in [3.8, 4) is 0 Å². The van der Waals surface area contributed by atoms with Crippen LogP contribution in [0.5, 0.6) is 0 Å². The van der Waals surface area contributed by atoms with Gasteiger partial charge in [0.25, 0.3) is 0 Å². The first-order chi connectivity index (χ1) is 27.7. The van der Waals surface area contributed by atoms with Crippen LogP contribution in [0.3, 0.4) is 0 Å². The van der Waals surface area contributed by atoms with E-state index in [1.165, 1.54) is 51.4 Å². The minimum Gasteiger partial charge on any atom is -0.461 e. The van der Waals surface area contributed by atoms with Crippen molar-refractivity contribution in [1.29, 1.82) is 0 Å². The molecule has 0 saturated heterocycles. The Hall–Kier alpha value is -4.33. The summed E-state index contributed by atoms with van der Waals surface area (Å²) in [5.74, 6) is 1.39. The fourth-order valence-corrected chi connectivity index (χ4v) is 6.83. The van der Waals surface area contributed by atoms with Crippen LogP contribution in [0.2, 0.25) is 0 Å². The summed E-state index contributed by atoms with van der Waals surface area (Å²) in [5.41, 5.74) is 5.78. The van der Waals surface area contributed by atoms with E-state index in [0.717, 1.165) is 31.6 Å². The third-order valence-corrected chi connectivity index (χ3v) is 10.3. The standard InChI is InChI=1S/C18H27N3O4.C10H14N2O3.C8H13NO.C7H15N/c1-12(2)24-17(22)15(11-16-19-9-6-10-20-16)25-18(23)21-14-8-5-4-7-13(14)3;1-7(2)15-10(14)8(13)6-9-11-4-3-5-12-9;1-7-4-2-3-5-8(7)9-6-10;1-6-4-2-3-5-7(6)8/h6,9-10,12-15H,4-5,7-8,11H2,1-3H3,(H,21,23);3-5,7-8,13H,6H2,1-2H3;7-8H,2-5H2,1H3;6-7H,2-5,8H2,1H3/t13-,14-,15?;;7-,8-;6-,7-/m1.11/s1. The number of aliphatic hydroxyl groups is 1. The Morgan fingerprint density at radius 2 is 1.21 bits per heavy atom. The first kappa shape index (κ1) is 49.8.